The molecule has 2 aromatic carbocycles. The Hall–Kier alpha value is -3.45. The molecular formula is C23H22N2O4S. The van der Waals surface area contributed by atoms with E-state index in [-0.39, 0.29) is 28.8 Å². The van der Waals surface area contributed by atoms with Gasteiger partial charge >= 0.3 is 5.97 Å². The molecule has 2 amide bonds. The topological polar surface area (TPSA) is 84.5 Å². The number of thiophene rings is 1. The van der Waals surface area contributed by atoms with Gasteiger partial charge in [0.25, 0.3) is 5.91 Å². The van der Waals surface area contributed by atoms with Crippen LogP contribution in [0.5, 0.6) is 0 Å². The Morgan fingerprint density at radius 2 is 1.67 bits per heavy atom. The molecule has 30 heavy (non-hydrogen) atoms. The molecule has 0 spiro atoms. The van der Waals surface area contributed by atoms with Crippen LogP contribution in [0.2, 0.25) is 0 Å². The minimum Gasteiger partial charge on any atom is -0.465 e. The molecule has 0 unspecified atom stereocenters. The van der Waals surface area contributed by atoms with Gasteiger partial charge in [0.1, 0.15) is 5.00 Å². The van der Waals surface area contributed by atoms with E-state index in [0.29, 0.717) is 10.6 Å². The molecule has 1 aromatic heterocycles. The molecule has 0 radical (unpaired) electrons. The van der Waals surface area contributed by atoms with Gasteiger partial charge in [0.15, 0.2) is 0 Å². The number of esters is 1. The number of rotatable bonds is 6. The predicted molar refractivity (Wildman–Crippen MR) is 118 cm³/mol. The Kier molecular flexibility index (Phi) is 6.64. The molecule has 154 valence electrons. The molecule has 0 saturated heterocycles. The van der Waals surface area contributed by atoms with Crippen molar-refractivity contribution in [2.45, 2.75) is 20.3 Å². The average Bonchev–Trinajstić information content (AvgIpc) is 3.13. The van der Waals surface area contributed by atoms with Gasteiger partial charge in [0, 0.05) is 5.69 Å². The number of hydrogen-bond acceptors (Lipinski definition) is 5. The maximum Gasteiger partial charge on any atom is 0.340 e. The Morgan fingerprint density at radius 1 is 0.933 bits per heavy atom. The largest absolute Gasteiger partial charge is 0.465 e. The van der Waals surface area contributed by atoms with Crippen LogP contribution in [0.3, 0.4) is 0 Å². The highest BCUT2D eigenvalue weighted by molar-refractivity contribution is 7.18. The number of aryl methyl sites for hydroxylation is 2. The maximum absolute atomic E-state index is 12.6. The van der Waals surface area contributed by atoms with Gasteiger partial charge in [-0.25, -0.2) is 4.79 Å². The van der Waals surface area contributed by atoms with Crippen LogP contribution in [0.15, 0.2) is 54.6 Å². The van der Waals surface area contributed by atoms with Crippen molar-refractivity contribution in [1.29, 1.82) is 0 Å². The Balaban J connectivity index is 1.78. The number of carbonyl (C=O) groups excluding carboxylic acids is 3. The van der Waals surface area contributed by atoms with Gasteiger partial charge in [-0.05, 0) is 43.2 Å². The van der Waals surface area contributed by atoms with Crippen LogP contribution in [0.25, 0.3) is 0 Å². The third kappa shape index (κ3) is 5.33. The fraction of sp³-hybridized carbons (Fsp3) is 0.174. The summed E-state index contributed by atoms with van der Waals surface area (Å²) in [5.41, 5.74) is 3.77. The summed E-state index contributed by atoms with van der Waals surface area (Å²) in [5, 5.41) is 5.82. The third-order valence-corrected chi connectivity index (χ3v) is 5.42. The van der Waals surface area contributed by atoms with Gasteiger partial charge in [0.2, 0.25) is 5.91 Å². The van der Waals surface area contributed by atoms with Crippen molar-refractivity contribution >= 4 is 39.8 Å². The van der Waals surface area contributed by atoms with Crippen molar-refractivity contribution in [2.75, 3.05) is 17.7 Å². The van der Waals surface area contributed by atoms with E-state index in [0.717, 1.165) is 28.0 Å². The molecule has 0 aliphatic carbocycles. The molecule has 0 saturated carbocycles. The van der Waals surface area contributed by atoms with E-state index in [1.807, 2.05) is 56.3 Å². The van der Waals surface area contributed by atoms with Crippen LogP contribution in [0, 0.1) is 13.8 Å². The van der Waals surface area contributed by atoms with Crippen molar-refractivity contribution in [2.24, 2.45) is 0 Å². The van der Waals surface area contributed by atoms with Crippen molar-refractivity contribution in [1.82, 2.24) is 0 Å². The Bertz CT molecular complexity index is 1090. The van der Waals surface area contributed by atoms with Crippen molar-refractivity contribution in [3.63, 3.8) is 0 Å². The van der Waals surface area contributed by atoms with Crippen LogP contribution in [-0.2, 0) is 16.0 Å². The van der Waals surface area contributed by atoms with Gasteiger partial charge in [-0.3, -0.25) is 9.59 Å². The molecule has 2 N–H and O–H groups in total. The first-order valence-corrected chi connectivity index (χ1v) is 10.1. The first-order chi connectivity index (χ1) is 14.4. The summed E-state index contributed by atoms with van der Waals surface area (Å²) in [6.45, 7) is 3.90. The van der Waals surface area contributed by atoms with Gasteiger partial charge in [-0.2, -0.15) is 0 Å². The van der Waals surface area contributed by atoms with Gasteiger partial charge < -0.3 is 15.4 Å². The zero-order valence-electron chi connectivity index (χ0n) is 16.9. The molecule has 3 rings (SSSR count). The highest BCUT2D eigenvalue weighted by atomic mass is 32.1. The average molecular weight is 423 g/mol. The zero-order valence-corrected chi connectivity index (χ0v) is 17.8. The van der Waals surface area contributed by atoms with E-state index in [2.05, 4.69) is 10.6 Å². The van der Waals surface area contributed by atoms with Crippen LogP contribution in [0.1, 0.15) is 36.7 Å². The number of carbonyl (C=O) groups is 3. The van der Waals surface area contributed by atoms with Crippen molar-refractivity contribution in [3.8, 4) is 0 Å². The van der Waals surface area contributed by atoms with Crippen LogP contribution in [-0.4, -0.2) is 24.9 Å². The summed E-state index contributed by atoms with van der Waals surface area (Å²) in [5.74, 6) is -1.27. The fourth-order valence-corrected chi connectivity index (χ4v) is 3.79. The maximum atomic E-state index is 12.6. The SMILES string of the molecule is COC(=O)c1cc(C(=O)Nc2cccc(C)c2)sc1NC(=O)Cc1ccc(C)cc1. The second-order valence-electron chi connectivity index (χ2n) is 6.88. The zero-order chi connectivity index (χ0) is 21.7. The summed E-state index contributed by atoms with van der Waals surface area (Å²) in [4.78, 5) is 37.6. The third-order valence-electron chi connectivity index (χ3n) is 4.38. The molecule has 3 aromatic rings. The smallest absolute Gasteiger partial charge is 0.340 e. The number of amides is 2. The molecule has 7 heteroatoms. The minimum absolute atomic E-state index is 0.147. The van der Waals surface area contributed by atoms with E-state index >= 15 is 0 Å². The summed E-state index contributed by atoms with van der Waals surface area (Å²) in [7, 11) is 1.25. The normalized spacial score (nSPS) is 10.4. The number of methoxy groups -OCH3 is 1. The lowest BCUT2D eigenvalue weighted by Crippen LogP contribution is -2.15. The van der Waals surface area contributed by atoms with E-state index < -0.39 is 5.97 Å². The number of anilines is 2. The predicted octanol–water partition coefficient (Wildman–Crippen LogP) is 4.59. The highest BCUT2D eigenvalue weighted by Crippen LogP contribution is 2.30. The molecule has 0 bridgehead atoms. The first-order valence-electron chi connectivity index (χ1n) is 9.31. The molecule has 1 heterocycles. The summed E-state index contributed by atoms with van der Waals surface area (Å²) in [6.07, 6.45) is 0.156. The van der Waals surface area contributed by atoms with E-state index in [1.165, 1.54) is 13.2 Å². The minimum atomic E-state index is -0.619. The van der Waals surface area contributed by atoms with E-state index in [1.54, 1.807) is 6.07 Å². The lowest BCUT2D eigenvalue weighted by Gasteiger charge is -2.06. The van der Waals surface area contributed by atoms with Crippen LogP contribution < -0.4 is 10.6 Å². The Labute approximate surface area is 178 Å². The quantitative estimate of drug-likeness (QED) is 0.569. The standard InChI is InChI=1S/C23H22N2O4S/c1-14-7-9-16(10-8-14)12-20(26)25-22-18(23(28)29-3)13-19(30-22)21(27)24-17-6-4-5-15(2)11-17/h4-11,13H,12H2,1-3H3,(H,24,27)(H,25,26). The highest BCUT2D eigenvalue weighted by Gasteiger charge is 2.22. The van der Waals surface area contributed by atoms with Gasteiger partial charge in [-0.1, -0.05) is 42.0 Å². The fourth-order valence-electron chi connectivity index (χ4n) is 2.84. The number of benzene rings is 2. The van der Waals surface area contributed by atoms with Gasteiger partial charge in [0.05, 0.1) is 24.0 Å². The number of hydrogen-bond donors (Lipinski definition) is 2. The number of nitrogens with one attached hydrogen (secondary N) is 2. The monoisotopic (exact) mass is 422 g/mol. The molecule has 0 fully saturated rings. The van der Waals surface area contributed by atoms with E-state index in [4.69, 9.17) is 4.74 Å². The Morgan fingerprint density at radius 3 is 2.33 bits per heavy atom. The molecular weight excluding hydrogens is 400 g/mol. The second kappa shape index (κ2) is 9.37. The van der Waals surface area contributed by atoms with E-state index in [9.17, 15) is 14.4 Å². The van der Waals surface area contributed by atoms with Gasteiger partial charge in [-0.15, -0.1) is 11.3 Å². The second-order valence-corrected chi connectivity index (χ2v) is 7.93. The summed E-state index contributed by atoms with van der Waals surface area (Å²) >= 11 is 1.03. The summed E-state index contributed by atoms with van der Waals surface area (Å²) in [6, 6.07) is 16.5. The first kappa shape index (κ1) is 21.3. The molecule has 6 nitrogen and oxygen atoms in total. The lowest BCUT2D eigenvalue weighted by molar-refractivity contribution is -0.115. The summed E-state index contributed by atoms with van der Waals surface area (Å²) < 4.78 is 4.80. The molecule has 0 atom stereocenters. The van der Waals surface area contributed by atoms with Crippen molar-refractivity contribution < 1.29 is 19.1 Å². The lowest BCUT2D eigenvalue weighted by atomic mass is 10.1. The van der Waals surface area contributed by atoms with Crippen LogP contribution >= 0.6 is 11.3 Å². The van der Waals surface area contributed by atoms with Crippen LogP contribution in [0.4, 0.5) is 10.7 Å². The van der Waals surface area contributed by atoms with Crippen molar-refractivity contribution in [3.05, 3.63) is 81.7 Å². The number of ether oxygens (including phenoxy) is 1. The molecule has 0 aliphatic heterocycles. The molecule has 0 aliphatic rings.